The average molecular weight is 234 g/mol. The van der Waals surface area contributed by atoms with Crippen LogP contribution in [0.2, 0.25) is 0 Å². The molecule has 0 amide bonds. The second-order valence-corrected chi connectivity index (χ2v) is 5.01. The van der Waals surface area contributed by atoms with Gasteiger partial charge in [-0.05, 0) is 26.0 Å². The lowest BCUT2D eigenvalue weighted by molar-refractivity contribution is 0.173. The zero-order valence-corrected chi connectivity index (χ0v) is 10.2. The molecule has 0 bridgehead atoms. The summed E-state index contributed by atoms with van der Waals surface area (Å²) >= 11 is 1.64. The van der Waals surface area contributed by atoms with Crippen molar-refractivity contribution < 1.29 is 5.11 Å². The molecule has 0 saturated carbocycles. The van der Waals surface area contributed by atoms with Crippen LogP contribution in [-0.4, -0.2) is 15.1 Å². The van der Waals surface area contributed by atoms with E-state index in [1.807, 2.05) is 32.0 Å². The van der Waals surface area contributed by atoms with Crippen LogP contribution in [0.4, 0.5) is 0 Å². The first-order chi connectivity index (χ1) is 7.66. The van der Waals surface area contributed by atoms with Gasteiger partial charge in [0, 0.05) is 17.5 Å². The van der Waals surface area contributed by atoms with Gasteiger partial charge in [-0.2, -0.15) is 0 Å². The van der Waals surface area contributed by atoms with Gasteiger partial charge in [-0.1, -0.05) is 6.07 Å². The van der Waals surface area contributed by atoms with Crippen molar-refractivity contribution in [3.63, 3.8) is 0 Å². The molecular weight excluding hydrogens is 220 g/mol. The molecule has 0 fully saturated rings. The molecule has 1 N–H and O–H groups in total. The third kappa shape index (κ3) is 2.46. The Morgan fingerprint density at radius 1 is 1.38 bits per heavy atom. The van der Waals surface area contributed by atoms with Gasteiger partial charge in [0.25, 0.3) is 0 Å². The van der Waals surface area contributed by atoms with E-state index in [0.29, 0.717) is 12.1 Å². The van der Waals surface area contributed by atoms with Crippen LogP contribution in [0.3, 0.4) is 0 Å². The van der Waals surface area contributed by atoms with Crippen LogP contribution in [0.1, 0.15) is 27.4 Å². The normalized spacial score (nSPS) is 12.7. The van der Waals surface area contributed by atoms with Crippen LogP contribution in [0.15, 0.2) is 24.4 Å². The molecule has 2 aromatic heterocycles. The molecule has 0 saturated heterocycles. The van der Waals surface area contributed by atoms with Crippen molar-refractivity contribution in [2.75, 3.05) is 0 Å². The molecule has 4 heteroatoms. The number of hydrogen-bond donors (Lipinski definition) is 1. The van der Waals surface area contributed by atoms with E-state index in [1.54, 1.807) is 17.5 Å². The highest BCUT2D eigenvalue weighted by molar-refractivity contribution is 7.11. The van der Waals surface area contributed by atoms with E-state index < -0.39 is 6.10 Å². The molecule has 1 atom stereocenters. The van der Waals surface area contributed by atoms with Crippen molar-refractivity contribution in [1.82, 2.24) is 9.97 Å². The van der Waals surface area contributed by atoms with E-state index >= 15 is 0 Å². The number of rotatable bonds is 3. The first-order valence-corrected chi connectivity index (χ1v) is 6.00. The van der Waals surface area contributed by atoms with E-state index in [2.05, 4.69) is 9.97 Å². The summed E-state index contributed by atoms with van der Waals surface area (Å²) in [7, 11) is 0. The molecule has 2 aromatic rings. The summed E-state index contributed by atoms with van der Waals surface area (Å²) in [6.07, 6.45) is 1.67. The zero-order valence-electron chi connectivity index (χ0n) is 9.34. The molecule has 1 unspecified atom stereocenters. The minimum Gasteiger partial charge on any atom is -0.386 e. The molecule has 2 rings (SSSR count). The summed E-state index contributed by atoms with van der Waals surface area (Å²) in [6, 6.07) is 5.55. The Kier molecular flexibility index (Phi) is 3.31. The summed E-state index contributed by atoms with van der Waals surface area (Å²) in [5.41, 5.74) is 1.75. The number of nitrogens with zero attached hydrogens (tertiary/aromatic N) is 2. The highest BCUT2D eigenvalue weighted by Gasteiger charge is 2.12. The lowest BCUT2D eigenvalue weighted by Gasteiger charge is -2.06. The smallest absolute Gasteiger partial charge is 0.102 e. The van der Waals surface area contributed by atoms with E-state index in [9.17, 15) is 5.11 Å². The van der Waals surface area contributed by atoms with Gasteiger partial charge in [-0.15, -0.1) is 11.3 Å². The first kappa shape index (κ1) is 11.2. The summed E-state index contributed by atoms with van der Waals surface area (Å²) < 4.78 is 0. The lowest BCUT2D eigenvalue weighted by Crippen LogP contribution is -2.03. The van der Waals surface area contributed by atoms with Crippen molar-refractivity contribution in [3.05, 3.63) is 45.7 Å². The van der Waals surface area contributed by atoms with Crippen molar-refractivity contribution >= 4 is 11.3 Å². The molecule has 3 nitrogen and oxygen atoms in total. The Labute approximate surface area is 98.8 Å². The number of aryl methyl sites for hydroxylation is 2. The largest absolute Gasteiger partial charge is 0.386 e. The minimum absolute atomic E-state index is 0.538. The predicted octanol–water partition coefficient (Wildman–Crippen LogP) is 2.43. The Hall–Kier alpha value is -1.26. The summed E-state index contributed by atoms with van der Waals surface area (Å²) in [6.45, 7) is 4.03. The minimum atomic E-state index is -0.564. The molecule has 0 spiro atoms. The van der Waals surface area contributed by atoms with E-state index in [-0.39, 0.29) is 0 Å². The van der Waals surface area contributed by atoms with Gasteiger partial charge < -0.3 is 5.11 Å². The van der Waals surface area contributed by atoms with Crippen LogP contribution < -0.4 is 0 Å². The van der Waals surface area contributed by atoms with Gasteiger partial charge in [-0.3, -0.25) is 4.98 Å². The molecule has 2 heterocycles. The molecule has 16 heavy (non-hydrogen) atoms. The topological polar surface area (TPSA) is 46.0 Å². The maximum Gasteiger partial charge on any atom is 0.102 e. The van der Waals surface area contributed by atoms with E-state index in [4.69, 9.17) is 0 Å². The number of thiazole rings is 1. The van der Waals surface area contributed by atoms with Crippen LogP contribution in [-0.2, 0) is 6.42 Å². The molecule has 0 aliphatic heterocycles. The maximum absolute atomic E-state index is 9.98. The number of aliphatic hydroxyl groups excluding tert-OH is 1. The van der Waals surface area contributed by atoms with Gasteiger partial charge in [0.15, 0.2) is 0 Å². The SMILES string of the molecule is Cc1nc(CC(O)c2ccccn2)sc1C. The molecule has 0 aliphatic rings. The van der Waals surface area contributed by atoms with Crippen molar-refractivity contribution in [2.45, 2.75) is 26.4 Å². The van der Waals surface area contributed by atoms with Crippen LogP contribution in [0.5, 0.6) is 0 Å². The Morgan fingerprint density at radius 3 is 2.75 bits per heavy atom. The quantitative estimate of drug-likeness (QED) is 0.887. The van der Waals surface area contributed by atoms with Crippen molar-refractivity contribution in [1.29, 1.82) is 0 Å². The van der Waals surface area contributed by atoms with Gasteiger partial charge >= 0.3 is 0 Å². The molecular formula is C12H14N2OS. The Bertz CT molecular complexity index is 448. The van der Waals surface area contributed by atoms with Gasteiger partial charge in [0.2, 0.25) is 0 Å². The zero-order chi connectivity index (χ0) is 11.5. The highest BCUT2D eigenvalue weighted by Crippen LogP contribution is 2.22. The monoisotopic (exact) mass is 234 g/mol. The fourth-order valence-corrected chi connectivity index (χ4v) is 2.44. The maximum atomic E-state index is 9.98. The van der Waals surface area contributed by atoms with Crippen LogP contribution >= 0.6 is 11.3 Å². The predicted molar refractivity (Wildman–Crippen MR) is 64.5 cm³/mol. The standard InChI is InChI=1S/C12H14N2OS/c1-8-9(2)16-12(14-8)7-11(15)10-5-3-4-6-13-10/h3-6,11,15H,7H2,1-2H3. The average Bonchev–Trinajstić information content (AvgIpc) is 2.59. The van der Waals surface area contributed by atoms with E-state index in [0.717, 1.165) is 10.7 Å². The highest BCUT2D eigenvalue weighted by atomic mass is 32.1. The number of aromatic nitrogens is 2. The second kappa shape index (κ2) is 4.72. The third-order valence-corrected chi connectivity index (χ3v) is 3.57. The lowest BCUT2D eigenvalue weighted by atomic mass is 10.2. The molecule has 0 aliphatic carbocycles. The fraction of sp³-hybridized carbons (Fsp3) is 0.333. The van der Waals surface area contributed by atoms with Crippen LogP contribution in [0, 0.1) is 13.8 Å². The number of pyridine rings is 1. The van der Waals surface area contributed by atoms with Gasteiger partial charge in [-0.25, -0.2) is 4.98 Å². The molecule has 0 aromatic carbocycles. The van der Waals surface area contributed by atoms with Crippen LogP contribution in [0.25, 0.3) is 0 Å². The fourth-order valence-electron chi connectivity index (χ4n) is 1.47. The summed E-state index contributed by atoms with van der Waals surface area (Å²) in [5, 5.41) is 10.9. The van der Waals surface area contributed by atoms with Crippen molar-refractivity contribution in [2.24, 2.45) is 0 Å². The molecule has 0 radical (unpaired) electrons. The second-order valence-electron chi connectivity index (χ2n) is 3.72. The first-order valence-electron chi connectivity index (χ1n) is 5.18. The Morgan fingerprint density at radius 2 is 2.19 bits per heavy atom. The van der Waals surface area contributed by atoms with Gasteiger partial charge in [0.05, 0.1) is 16.4 Å². The number of hydrogen-bond acceptors (Lipinski definition) is 4. The summed E-state index contributed by atoms with van der Waals surface area (Å²) in [4.78, 5) is 9.75. The molecule has 84 valence electrons. The number of aliphatic hydroxyl groups is 1. The van der Waals surface area contributed by atoms with E-state index in [1.165, 1.54) is 4.88 Å². The van der Waals surface area contributed by atoms with Crippen molar-refractivity contribution in [3.8, 4) is 0 Å². The van der Waals surface area contributed by atoms with Gasteiger partial charge in [0.1, 0.15) is 6.10 Å². The third-order valence-electron chi connectivity index (χ3n) is 2.47. The Balaban J connectivity index is 2.11. The summed E-state index contributed by atoms with van der Waals surface area (Å²) in [5.74, 6) is 0.